The Morgan fingerprint density at radius 3 is 2.27 bits per heavy atom. The van der Waals surface area contributed by atoms with Crippen LogP contribution in [0.3, 0.4) is 0 Å². The predicted molar refractivity (Wildman–Crippen MR) is 133 cm³/mol. The molecule has 0 saturated heterocycles. The topological polar surface area (TPSA) is 84.9 Å². The van der Waals surface area contributed by atoms with E-state index in [1.54, 1.807) is 25.3 Å². The van der Waals surface area contributed by atoms with E-state index in [1.807, 2.05) is 24.3 Å². The van der Waals surface area contributed by atoms with Gasteiger partial charge in [-0.3, -0.25) is 9.10 Å². The SMILES string of the molecule is COc1ccc([C@H](CC(C)C)NC(=O)CCCN(c2ccc(OC)c(Cl)c2)S(C)(=O)=O)cc1. The third kappa shape index (κ3) is 8.12. The average Bonchev–Trinajstić information content (AvgIpc) is 2.75. The molecule has 33 heavy (non-hydrogen) atoms. The number of hydrogen-bond acceptors (Lipinski definition) is 5. The van der Waals surface area contributed by atoms with E-state index in [4.69, 9.17) is 21.1 Å². The van der Waals surface area contributed by atoms with E-state index in [0.717, 1.165) is 24.0 Å². The van der Waals surface area contributed by atoms with Crippen LogP contribution in [0.5, 0.6) is 11.5 Å². The maximum Gasteiger partial charge on any atom is 0.232 e. The Morgan fingerprint density at radius 2 is 1.76 bits per heavy atom. The van der Waals surface area contributed by atoms with Gasteiger partial charge in [0.25, 0.3) is 0 Å². The Kier molecular flexibility index (Phi) is 9.86. The number of anilines is 1. The van der Waals surface area contributed by atoms with Crippen molar-refractivity contribution in [3.8, 4) is 11.5 Å². The van der Waals surface area contributed by atoms with Gasteiger partial charge in [0, 0.05) is 13.0 Å². The molecular weight excluding hydrogens is 464 g/mol. The number of methoxy groups -OCH3 is 2. The van der Waals surface area contributed by atoms with Crippen molar-refractivity contribution < 1.29 is 22.7 Å². The highest BCUT2D eigenvalue weighted by Gasteiger charge is 2.20. The predicted octanol–water partition coefficient (Wildman–Crippen LogP) is 4.81. The highest BCUT2D eigenvalue weighted by molar-refractivity contribution is 7.92. The maximum atomic E-state index is 12.7. The summed E-state index contributed by atoms with van der Waals surface area (Å²) in [4.78, 5) is 12.7. The molecule has 9 heteroatoms. The molecule has 2 aromatic carbocycles. The van der Waals surface area contributed by atoms with Crippen LogP contribution in [0.4, 0.5) is 5.69 Å². The molecule has 0 spiro atoms. The van der Waals surface area contributed by atoms with Gasteiger partial charge in [0.15, 0.2) is 0 Å². The summed E-state index contributed by atoms with van der Waals surface area (Å²) in [5.74, 6) is 1.48. The summed E-state index contributed by atoms with van der Waals surface area (Å²) in [7, 11) is -0.445. The molecule has 0 unspecified atom stereocenters. The number of benzene rings is 2. The molecule has 182 valence electrons. The van der Waals surface area contributed by atoms with Gasteiger partial charge in [0.2, 0.25) is 15.9 Å². The summed E-state index contributed by atoms with van der Waals surface area (Å²) in [6.07, 6.45) is 2.48. The van der Waals surface area contributed by atoms with Crippen LogP contribution in [0.25, 0.3) is 0 Å². The molecule has 0 saturated carbocycles. The molecule has 0 aliphatic rings. The number of nitrogens with zero attached hydrogens (tertiary/aromatic N) is 1. The molecular formula is C24H33ClN2O5S. The smallest absolute Gasteiger partial charge is 0.232 e. The van der Waals surface area contributed by atoms with E-state index in [1.165, 1.54) is 11.4 Å². The van der Waals surface area contributed by atoms with E-state index in [9.17, 15) is 13.2 Å². The number of carbonyl (C=O) groups is 1. The largest absolute Gasteiger partial charge is 0.497 e. The van der Waals surface area contributed by atoms with Crippen molar-refractivity contribution in [1.82, 2.24) is 5.32 Å². The number of sulfonamides is 1. The second-order valence-electron chi connectivity index (χ2n) is 8.28. The summed E-state index contributed by atoms with van der Waals surface area (Å²) in [6.45, 7) is 4.37. The first-order valence-corrected chi connectivity index (χ1v) is 13.0. The highest BCUT2D eigenvalue weighted by Crippen LogP contribution is 2.30. The van der Waals surface area contributed by atoms with Crippen molar-refractivity contribution in [2.24, 2.45) is 5.92 Å². The standard InChI is InChI=1S/C24H33ClN2O5S/c1-17(2)15-22(18-8-11-20(31-3)12-9-18)26-24(28)7-6-14-27(33(5,29)30)19-10-13-23(32-4)21(25)16-19/h8-13,16-17,22H,6-7,14-15H2,1-5H3,(H,26,28)/t22-/m0/s1. The van der Waals surface area contributed by atoms with Crippen LogP contribution in [-0.4, -0.2) is 41.3 Å². The fourth-order valence-electron chi connectivity index (χ4n) is 3.53. The van der Waals surface area contributed by atoms with Crippen molar-refractivity contribution in [3.63, 3.8) is 0 Å². The second kappa shape index (κ2) is 12.1. The third-order valence-corrected chi connectivity index (χ3v) is 6.64. The van der Waals surface area contributed by atoms with Gasteiger partial charge in [-0.05, 0) is 54.7 Å². The summed E-state index contributed by atoms with van der Waals surface area (Å²) < 4.78 is 36.3. The van der Waals surface area contributed by atoms with Crippen molar-refractivity contribution in [1.29, 1.82) is 0 Å². The number of amides is 1. The number of nitrogens with one attached hydrogen (secondary N) is 1. The molecule has 0 bridgehead atoms. The van der Waals surface area contributed by atoms with E-state index in [2.05, 4.69) is 19.2 Å². The highest BCUT2D eigenvalue weighted by atomic mass is 35.5. The molecule has 0 fully saturated rings. The molecule has 0 heterocycles. The molecule has 2 rings (SSSR count). The van der Waals surface area contributed by atoms with Crippen LogP contribution in [0.1, 0.15) is 44.7 Å². The number of halogens is 1. The number of hydrogen-bond donors (Lipinski definition) is 1. The van der Waals surface area contributed by atoms with Crippen molar-refractivity contribution in [2.75, 3.05) is 31.3 Å². The summed E-state index contributed by atoms with van der Waals surface area (Å²) >= 11 is 6.17. The Balaban J connectivity index is 2.04. The normalized spacial score (nSPS) is 12.3. The number of rotatable bonds is 12. The molecule has 0 aliphatic carbocycles. The molecule has 0 radical (unpaired) electrons. The van der Waals surface area contributed by atoms with E-state index < -0.39 is 10.0 Å². The van der Waals surface area contributed by atoms with Gasteiger partial charge in [0.05, 0.1) is 37.2 Å². The van der Waals surface area contributed by atoms with Crippen LogP contribution in [0.2, 0.25) is 5.02 Å². The Morgan fingerprint density at radius 1 is 1.09 bits per heavy atom. The van der Waals surface area contributed by atoms with E-state index in [-0.39, 0.29) is 24.9 Å². The van der Waals surface area contributed by atoms with Gasteiger partial charge < -0.3 is 14.8 Å². The van der Waals surface area contributed by atoms with Crippen LogP contribution in [0.15, 0.2) is 42.5 Å². The Hall–Kier alpha value is -2.45. The first kappa shape index (κ1) is 26.8. The minimum atomic E-state index is -3.55. The first-order valence-electron chi connectivity index (χ1n) is 10.8. The second-order valence-corrected chi connectivity index (χ2v) is 10.6. The molecule has 1 N–H and O–H groups in total. The zero-order chi connectivity index (χ0) is 24.6. The molecule has 0 aliphatic heterocycles. The van der Waals surface area contributed by atoms with E-state index >= 15 is 0 Å². The molecule has 1 atom stereocenters. The number of carbonyl (C=O) groups excluding carboxylic acids is 1. The van der Waals surface area contributed by atoms with Crippen LogP contribution >= 0.6 is 11.6 Å². The Labute approximate surface area is 202 Å². The first-order chi connectivity index (χ1) is 15.5. The molecule has 1 amide bonds. The molecule has 7 nitrogen and oxygen atoms in total. The summed E-state index contributed by atoms with van der Waals surface area (Å²) in [5, 5.41) is 3.41. The lowest BCUT2D eigenvalue weighted by molar-refractivity contribution is -0.122. The zero-order valence-electron chi connectivity index (χ0n) is 19.8. The molecule has 0 aromatic heterocycles. The van der Waals surface area contributed by atoms with Gasteiger partial charge in [0.1, 0.15) is 11.5 Å². The molecule has 2 aromatic rings. The average molecular weight is 497 g/mol. The quantitative estimate of drug-likeness (QED) is 0.456. The van der Waals surface area contributed by atoms with Gasteiger partial charge in [-0.15, -0.1) is 0 Å². The van der Waals surface area contributed by atoms with Crippen molar-refractivity contribution in [3.05, 3.63) is 53.1 Å². The van der Waals surface area contributed by atoms with Crippen LogP contribution in [-0.2, 0) is 14.8 Å². The minimum Gasteiger partial charge on any atom is -0.497 e. The zero-order valence-corrected chi connectivity index (χ0v) is 21.4. The van der Waals surface area contributed by atoms with Crippen molar-refractivity contribution in [2.45, 2.75) is 39.2 Å². The fraction of sp³-hybridized carbons (Fsp3) is 0.458. The summed E-state index contributed by atoms with van der Waals surface area (Å²) in [6, 6.07) is 12.3. The fourth-order valence-corrected chi connectivity index (χ4v) is 4.74. The van der Waals surface area contributed by atoms with Gasteiger partial charge in [-0.1, -0.05) is 37.6 Å². The lowest BCUT2D eigenvalue weighted by Crippen LogP contribution is -2.33. The maximum absolute atomic E-state index is 12.7. The van der Waals surface area contributed by atoms with Gasteiger partial charge in [-0.2, -0.15) is 0 Å². The lowest BCUT2D eigenvalue weighted by atomic mass is 9.96. The van der Waals surface area contributed by atoms with Crippen molar-refractivity contribution >= 4 is 33.2 Å². The van der Waals surface area contributed by atoms with Crippen LogP contribution < -0.4 is 19.1 Å². The monoisotopic (exact) mass is 496 g/mol. The van der Waals surface area contributed by atoms with E-state index in [0.29, 0.717) is 28.8 Å². The van der Waals surface area contributed by atoms with Gasteiger partial charge in [-0.25, -0.2) is 8.42 Å². The minimum absolute atomic E-state index is 0.127. The van der Waals surface area contributed by atoms with Crippen LogP contribution in [0, 0.1) is 5.92 Å². The third-order valence-electron chi connectivity index (χ3n) is 5.15. The van der Waals surface area contributed by atoms with Gasteiger partial charge >= 0.3 is 0 Å². The summed E-state index contributed by atoms with van der Waals surface area (Å²) in [5.41, 5.74) is 1.43. The lowest BCUT2D eigenvalue weighted by Gasteiger charge is -2.24. The Bertz CT molecular complexity index is 1030. The number of ether oxygens (including phenoxy) is 2.